The minimum absolute atomic E-state index is 0.318. The first-order valence-corrected chi connectivity index (χ1v) is 6.06. The molecular weight excluding hydrogens is 266 g/mol. The Labute approximate surface area is 104 Å². The topological polar surface area (TPSA) is 25.2 Å². The van der Waals surface area contributed by atoms with Crippen LogP contribution in [0, 0.1) is 0 Å². The Hall–Kier alpha value is -1.06. The minimum Gasteiger partial charge on any atom is -0.468 e. The molecule has 1 atom stereocenters. The molecule has 0 bridgehead atoms. The van der Waals surface area contributed by atoms with Crippen molar-refractivity contribution in [2.24, 2.45) is 0 Å². The molecule has 1 aromatic heterocycles. The summed E-state index contributed by atoms with van der Waals surface area (Å²) in [6.07, 6.45) is 1.70. The van der Waals surface area contributed by atoms with Crippen molar-refractivity contribution in [2.75, 3.05) is 0 Å². The molecule has 1 unspecified atom stereocenters. The van der Waals surface area contributed by atoms with Crippen molar-refractivity contribution in [3.63, 3.8) is 0 Å². The van der Waals surface area contributed by atoms with E-state index in [1.54, 1.807) is 6.26 Å². The third-order valence-corrected chi connectivity index (χ3v) is 3.06. The third kappa shape index (κ3) is 2.97. The fraction of sp³-hybridized carbons (Fsp3) is 0.231. The standard InChI is InChI=1S/C13H14BrNO/c1-10(11-4-6-12(14)7-5-11)15-9-13-3-2-8-16-13/h2-8,10,15H,9H2,1H3. The quantitative estimate of drug-likeness (QED) is 0.919. The molecule has 1 N–H and O–H groups in total. The first-order chi connectivity index (χ1) is 7.75. The van der Waals surface area contributed by atoms with Crippen LogP contribution in [0.1, 0.15) is 24.3 Å². The zero-order valence-corrected chi connectivity index (χ0v) is 10.7. The number of furan rings is 1. The summed E-state index contributed by atoms with van der Waals surface area (Å²) >= 11 is 3.43. The maximum Gasteiger partial charge on any atom is 0.117 e. The number of hydrogen-bond donors (Lipinski definition) is 1. The summed E-state index contributed by atoms with van der Waals surface area (Å²) in [4.78, 5) is 0. The first-order valence-electron chi connectivity index (χ1n) is 5.27. The Bertz CT molecular complexity index is 422. The monoisotopic (exact) mass is 279 g/mol. The van der Waals surface area contributed by atoms with E-state index in [0.29, 0.717) is 6.04 Å². The summed E-state index contributed by atoms with van der Waals surface area (Å²) in [7, 11) is 0. The van der Waals surface area contributed by atoms with Crippen molar-refractivity contribution in [2.45, 2.75) is 19.5 Å². The van der Waals surface area contributed by atoms with Crippen LogP contribution in [0.3, 0.4) is 0 Å². The van der Waals surface area contributed by atoms with Crippen LogP contribution in [0.5, 0.6) is 0 Å². The molecule has 0 spiro atoms. The molecule has 0 aliphatic carbocycles. The van der Waals surface area contributed by atoms with Crippen LogP contribution in [0.4, 0.5) is 0 Å². The number of rotatable bonds is 4. The van der Waals surface area contributed by atoms with Gasteiger partial charge >= 0.3 is 0 Å². The van der Waals surface area contributed by atoms with Gasteiger partial charge in [0.15, 0.2) is 0 Å². The average molecular weight is 280 g/mol. The lowest BCUT2D eigenvalue weighted by molar-refractivity contribution is 0.460. The summed E-state index contributed by atoms with van der Waals surface area (Å²) in [6, 6.07) is 12.5. The smallest absolute Gasteiger partial charge is 0.117 e. The van der Waals surface area contributed by atoms with Gasteiger partial charge in [-0.3, -0.25) is 0 Å². The molecule has 3 heteroatoms. The van der Waals surface area contributed by atoms with Crippen molar-refractivity contribution in [3.8, 4) is 0 Å². The highest BCUT2D eigenvalue weighted by atomic mass is 79.9. The van der Waals surface area contributed by atoms with Crippen molar-refractivity contribution < 1.29 is 4.42 Å². The predicted octanol–water partition coefficient (Wildman–Crippen LogP) is 3.89. The van der Waals surface area contributed by atoms with Gasteiger partial charge in [0.1, 0.15) is 5.76 Å². The van der Waals surface area contributed by atoms with Crippen LogP contribution in [0.15, 0.2) is 51.6 Å². The van der Waals surface area contributed by atoms with Gasteiger partial charge in [-0.05, 0) is 36.8 Å². The van der Waals surface area contributed by atoms with Crippen LogP contribution < -0.4 is 5.32 Å². The minimum atomic E-state index is 0.318. The molecule has 2 nitrogen and oxygen atoms in total. The van der Waals surface area contributed by atoms with E-state index >= 15 is 0 Å². The lowest BCUT2D eigenvalue weighted by Gasteiger charge is -2.13. The number of nitrogens with one attached hydrogen (secondary N) is 1. The predicted molar refractivity (Wildman–Crippen MR) is 68.1 cm³/mol. The number of benzene rings is 1. The van der Waals surface area contributed by atoms with E-state index in [1.807, 2.05) is 12.1 Å². The number of hydrogen-bond acceptors (Lipinski definition) is 2. The van der Waals surface area contributed by atoms with Gasteiger partial charge in [-0.2, -0.15) is 0 Å². The molecule has 84 valence electrons. The normalized spacial score (nSPS) is 12.6. The molecular formula is C13H14BrNO. The Balaban J connectivity index is 1.93. The maximum atomic E-state index is 5.27. The lowest BCUT2D eigenvalue weighted by atomic mass is 10.1. The summed E-state index contributed by atoms with van der Waals surface area (Å²) < 4.78 is 6.37. The van der Waals surface area contributed by atoms with Crippen molar-refractivity contribution in [3.05, 3.63) is 58.5 Å². The Kier molecular flexibility index (Phi) is 3.80. The van der Waals surface area contributed by atoms with Crippen LogP contribution >= 0.6 is 15.9 Å². The van der Waals surface area contributed by atoms with Gasteiger partial charge in [0.2, 0.25) is 0 Å². The molecule has 16 heavy (non-hydrogen) atoms. The molecule has 2 aromatic rings. The molecule has 0 aliphatic heterocycles. The van der Waals surface area contributed by atoms with Crippen LogP contribution in [-0.4, -0.2) is 0 Å². The molecule has 0 saturated heterocycles. The zero-order chi connectivity index (χ0) is 11.4. The van der Waals surface area contributed by atoms with Crippen LogP contribution in [0.2, 0.25) is 0 Å². The van der Waals surface area contributed by atoms with Gasteiger partial charge < -0.3 is 9.73 Å². The fourth-order valence-electron chi connectivity index (χ4n) is 1.54. The van der Waals surface area contributed by atoms with Gasteiger partial charge in [-0.15, -0.1) is 0 Å². The van der Waals surface area contributed by atoms with Gasteiger partial charge in [-0.25, -0.2) is 0 Å². The Morgan fingerprint density at radius 1 is 1.25 bits per heavy atom. The van der Waals surface area contributed by atoms with Crippen molar-refractivity contribution in [1.29, 1.82) is 0 Å². The second-order valence-electron chi connectivity index (χ2n) is 3.73. The summed E-state index contributed by atoms with van der Waals surface area (Å²) in [5.41, 5.74) is 1.27. The second kappa shape index (κ2) is 5.32. The lowest BCUT2D eigenvalue weighted by Crippen LogP contribution is -2.17. The largest absolute Gasteiger partial charge is 0.468 e. The van der Waals surface area contributed by atoms with Gasteiger partial charge in [0, 0.05) is 10.5 Å². The first kappa shape index (κ1) is 11.4. The van der Waals surface area contributed by atoms with Gasteiger partial charge in [-0.1, -0.05) is 28.1 Å². The van der Waals surface area contributed by atoms with E-state index in [4.69, 9.17) is 4.42 Å². The zero-order valence-electron chi connectivity index (χ0n) is 9.11. The molecule has 2 rings (SSSR count). The maximum absolute atomic E-state index is 5.27. The summed E-state index contributed by atoms with van der Waals surface area (Å²) in [5, 5.41) is 3.41. The van der Waals surface area contributed by atoms with Gasteiger partial charge in [0.05, 0.1) is 12.8 Å². The highest BCUT2D eigenvalue weighted by Crippen LogP contribution is 2.16. The molecule has 0 aliphatic rings. The third-order valence-electron chi connectivity index (χ3n) is 2.53. The number of halogens is 1. The highest BCUT2D eigenvalue weighted by Gasteiger charge is 2.05. The average Bonchev–Trinajstić information content (AvgIpc) is 2.80. The van der Waals surface area contributed by atoms with E-state index in [0.717, 1.165) is 16.8 Å². The van der Waals surface area contributed by atoms with Gasteiger partial charge in [0.25, 0.3) is 0 Å². The van der Waals surface area contributed by atoms with Crippen LogP contribution in [0.25, 0.3) is 0 Å². The van der Waals surface area contributed by atoms with Crippen molar-refractivity contribution in [1.82, 2.24) is 5.32 Å². The van der Waals surface area contributed by atoms with E-state index in [1.165, 1.54) is 5.56 Å². The molecule has 1 aromatic carbocycles. The molecule has 0 radical (unpaired) electrons. The second-order valence-corrected chi connectivity index (χ2v) is 4.65. The molecule has 0 amide bonds. The summed E-state index contributed by atoms with van der Waals surface area (Å²) in [5.74, 6) is 0.962. The molecule has 1 heterocycles. The van der Waals surface area contributed by atoms with Crippen molar-refractivity contribution >= 4 is 15.9 Å². The molecule has 0 saturated carbocycles. The molecule has 0 fully saturated rings. The Morgan fingerprint density at radius 2 is 2.00 bits per heavy atom. The van der Waals surface area contributed by atoms with Crippen LogP contribution in [-0.2, 0) is 6.54 Å². The van der Waals surface area contributed by atoms with E-state index in [9.17, 15) is 0 Å². The summed E-state index contributed by atoms with van der Waals surface area (Å²) in [6.45, 7) is 2.90. The SMILES string of the molecule is CC(NCc1ccco1)c1ccc(Br)cc1. The fourth-order valence-corrected chi connectivity index (χ4v) is 1.80. The highest BCUT2D eigenvalue weighted by molar-refractivity contribution is 9.10. The van der Waals surface area contributed by atoms with E-state index in [-0.39, 0.29) is 0 Å². The van der Waals surface area contributed by atoms with E-state index in [2.05, 4.69) is 52.4 Å². The van der Waals surface area contributed by atoms with E-state index < -0.39 is 0 Å². The Morgan fingerprint density at radius 3 is 2.62 bits per heavy atom.